The Bertz CT molecular complexity index is 721. The zero-order chi connectivity index (χ0) is 19.6. The Hall–Kier alpha value is -2.68. The minimum absolute atomic E-state index is 0.0586. The average Bonchev–Trinajstić information content (AvgIpc) is 2.67. The lowest BCUT2D eigenvalue weighted by Gasteiger charge is -2.26. The first-order valence-electron chi connectivity index (χ1n) is 8.81. The molecule has 0 spiro atoms. The van der Waals surface area contributed by atoms with Crippen LogP contribution < -0.4 is 26.4 Å². The van der Waals surface area contributed by atoms with Gasteiger partial charge in [-0.2, -0.15) is 0 Å². The fourth-order valence-corrected chi connectivity index (χ4v) is 2.72. The van der Waals surface area contributed by atoms with Crippen molar-refractivity contribution in [2.45, 2.75) is 6.54 Å². The van der Waals surface area contributed by atoms with Crippen molar-refractivity contribution in [3.05, 3.63) is 42.0 Å². The van der Waals surface area contributed by atoms with E-state index in [1.165, 1.54) is 0 Å². The maximum Gasteiger partial charge on any atom is 0.142 e. The van der Waals surface area contributed by atoms with Crippen LogP contribution in [0.1, 0.15) is 5.56 Å². The molecule has 8 nitrogen and oxygen atoms in total. The van der Waals surface area contributed by atoms with Crippen LogP contribution in [0, 0.1) is 0 Å². The van der Waals surface area contributed by atoms with Gasteiger partial charge in [0.05, 0.1) is 25.5 Å². The number of hydrogen-bond donors (Lipinski definition) is 6. The normalized spacial score (nSPS) is 10.6. The number of benzene rings is 2. The lowest BCUT2D eigenvalue weighted by molar-refractivity contribution is 0.201. The fraction of sp³-hybridized carbons (Fsp3) is 0.368. The van der Waals surface area contributed by atoms with E-state index in [4.69, 9.17) is 21.3 Å². The number of ether oxygens (including phenoxy) is 1. The first-order valence-corrected chi connectivity index (χ1v) is 8.81. The van der Waals surface area contributed by atoms with Crippen molar-refractivity contribution < 1.29 is 20.1 Å². The minimum Gasteiger partial charge on any atom is -0.489 e. The number of nitrogens with two attached hydrogens (primary N) is 2. The molecular formula is C19H28N4O4. The molecule has 0 atom stereocenters. The molecule has 2 rings (SSSR count). The fourth-order valence-electron chi connectivity index (χ4n) is 2.72. The Balaban J connectivity index is 2.23. The molecule has 0 aliphatic carbocycles. The summed E-state index contributed by atoms with van der Waals surface area (Å²) in [6.07, 6.45) is 0. The molecule has 2 aromatic rings. The zero-order valence-electron chi connectivity index (χ0n) is 15.3. The number of aliphatic hydroxyl groups excluding tert-OH is 3. The van der Waals surface area contributed by atoms with Crippen molar-refractivity contribution >= 4 is 22.7 Å². The van der Waals surface area contributed by atoms with Crippen molar-refractivity contribution in [2.75, 3.05) is 61.2 Å². The molecule has 0 unspecified atom stereocenters. The van der Waals surface area contributed by atoms with Crippen LogP contribution >= 0.6 is 0 Å². The first kappa shape index (κ1) is 20.6. The summed E-state index contributed by atoms with van der Waals surface area (Å²) in [5.41, 5.74) is 15.5. The maximum absolute atomic E-state index is 9.32. The molecular weight excluding hydrogens is 348 g/mol. The summed E-state index contributed by atoms with van der Waals surface area (Å²) in [4.78, 5) is 1.83. The molecule has 0 radical (unpaired) electrons. The third-order valence-electron chi connectivity index (χ3n) is 4.04. The monoisotopic (exact) mass is 376 g/mol. The smallest absolute Gasteiger partial charge is 0.142 e. The molecule has 148 valence electrons. The maximum atomic E-state index is 9.32. The van der Waals surface area contributed by atoms with Crippen molar-refractivity contribution in [2.24, 2.45) is 0 Å². The molecule has 2 aromatic carbocycles. The molecule has 0 bridgehead atoms. The van der Waals surface area contributed by atoms with E-state index in [2.05, 4.69) is 5.32 Å². The predicted octanol–water partition coefficient (Wildman–Crippen LogP) is 0.625. The van der Waals surface area contributed by atoms with Gasteiger partial charge in [0.2, 0.25) is 0 Å². The molecule has 0 fully saturated rings. The second-order valence-electron chi connectivity index (χ2n) is 6.00. The van der Waals surface area contributed by atoms with Crippen molar-refractivity contribution in [1.29, 1.82) is 0 Å². The van der Waals surface area contributed by atoms with Gasteiger partial charge in [-0.05, 0) is 42.0 Å². The Morgan fingerprint density at radius 3 is 2.33 bits per heavy atom. The van der Waals surface area contributed by atoms with Gasteiger partial charge in [0.1, 0.15) is 12.4 Å². The van der Waals surface area contributed by atoms with Gasteiger partial charge < -0.3 is 41.7 Å². The summed E-state index contributed by atoms with van der Waals surface area (Å²) >= 11 is 0. The van der Waals surface area contributed by atoms with Crippen molar-refractivity contribution in [1.82, 2.24) is 0 Å². The first-order chi connectivity index (χ1) is 13.1. The topological polar surface area (TPSA) is 137 Å². The van der Waals surface area contributed by atoms with Crippen LogP contribution in [-0.4, -0.2) is 54.8 Å². The van der Waals surface area contributed by atoms with E-state index in [1.807, 2.05) is 23.1 Å². The molecule has 0 aliphatic heterocycles. The van der Waals surface area contributed by atoms with Gasteiger partial charge >= 0.3 is 0 Å². The van der Waals surface area contributed by atoms with E-state index in [-0.39, 0.29) is 26.4 Å². The average molecular weight is 376 g/mol. The summed E-state index contributed by atoms with van der Waals surface area (Å²) in [6, 6.07) is 10.9. The highest BCUT2D eigenvalue weighted by molar-refractivity contribution is 5.67. The number of rotatable bonds is 11. The number of nitrogens with zero attached hydrogens (tertiary/aromatic N) is 1. The van der Waals surface area contributed by atoms with Crippen LogP contribution in [0.4, 0.5) is 22.7 Å². The summed E-state index contributed by atoms with van der Waals surface area (Å²) < 4.78 is 5.59. The van der Waals surface area contributed by atoms with Crippen LogP contribution in [0.5, 0.6) is 5.75 Å². The summed E-state index contributed by atoms with van der Waals surface area (Å²) in [6.45, 7) is 1.13. The molecule has 0 aliphatic rings. The lowest BCUT2D eigenvalue weighted by Crippen LogP contribution is -2.30. The van der Waals surface area contributed by atoms with Gasteiger partial charge in [-0.15, -0.1) is 0 Å². The number of aliphatic hydroxyl groups is 3. The second kappa shape index (κ2) is 10.5. The second-order valence-corrected chi connectivity index (χ2v) is 6.00. The predicted molar refractivity (Wildman–Crippen MR) is 108 cm³/mol. The summed E-state index contributed by atoms with van der Waals surface area (Å²) in [5, 5.41) is 31.0. The Labute approximate surface area is 159 Å². The molecule has 0 amide bonds. The van der Waals surface area contributed by atoms with Crippen molar-refractivity contribution in [3.63, 3.8) is 0 Å². The molecule has 0 heterocycles. The number of nitrogen functional groups attached to an aromatic ring is 2. The third kappa shape index (κ3) is 5.92. The van der Waals surface area contributed by atoms with Gasteiger partial charge in [-0.1, -0.05) is 0 Å². The van der Waals surface area contributed by atoms with Crippen LogP contribution in [0.15, 0.2) is 36.4 Å². The van der Waals surface area contributed by atoms with Gasteiger partial charge in [-0.3, -0.25) is 0 Å². The largest absolute Gasteiger partial charge is 0.489 e. The van der Waals surface area contributed by atoms with Gasteiger partial charge in [0.15, 0.2) is 0 Å². The summed E-state index contributed by atoms with van der Waals surface area (Å²) in [5.74, 6) is 0.569. The highest BCUT2D eigenvalue weighted by atomic mass is 16.5. The molecule has 8 N–H and O–H groups in total. The highest BCUT2D eigenvalue weighted by Gasteiger charge is 2.13. The van der Waals surface area contributed by atoms with Gasteiger partial charge in [0, 0.05) is 36.7 Å². The number of hydrogen-bond acceptors (Lipinski definition) is 8. The molecule has 0 saturated carbocycles. The molecule has 0 aromatic heterocycles. The molecule has 8 heteroatoms. The van der Waals surface area contributed by atoms with E-state index in [1.54, 1.807) is 18.2 Å². The number of anilines is 4. The Morgan fingerprint density at radius 2 is 1.67 bits per heavy atom. The Kier molecular flexibility index (Phi) is 8.00. The van der Waals surface area contributed by atoms with E-state index >= 15 is 0 Å². The van der Waals surface area contributed by atoms with Crippen LogP contribution in [0.3, 0.4) is 0 Å². The quantitative estimate of drug-likeness (QED) is 0.314. The van der Waals surface area contributed by atoms with Crippen LogP contribution in [-0.2, 0) is 6.54 Å². The SMILES string of the molecule is Nc1ccc(N)c(CNc2ccc(OCCO)c(N(CCO)CCO)c2)c1. The zero-order valence-corrected chi connectivity index (χ0v) is 15.3. The highest BCUT2D eigenvalue weighted by Crippen LogP contribution is 2.32. The molecule has 0 saturated heterocycles. The van der Waals surface area contributed by atoms with Crippen molar-refractivity contribution in [3.8, 4) is 5.75 Å². The van der Waals surface area contributed by atoms with E-state index in [9.17, 15) is 10.2 Å². The van der Waals surface area contributed by atoms with E-state index in [0.29, 0.717) is 36.8 Å². The van der Waals surface area contributed by atoms with Crippen LogP contribution in [0.2, 0.25) is 0 Å². The van der Waals surface area contributed by atoms with Gasteiger partial charge in [0.25, 0.3) is 0 Å². The number of nitrogens with one attached hydrogen (secondary N) is 1. The lowest BCUT2D eigenvalue weighted by atomic mass is 10.1. The van der Waals surface area contributed by atoms with E-state index < -0.39 is 0 Å². The standard InChI is InChI=1S/C19H28N4O4/c20-15-1-3-17(21)14(11-15)13-22-16-2-4-19(27-10-9-26)18(12-16)23(5-7-24)6-8-25/h1-4,11-12,22,24-26H,5-10,13,20-21H2. The Morgan fingerprint density at radius 1 is 0.926 bits per heavy atom. The molecule has 27 heavy (non-hydrogen) atoms. The van der Waals surface area contributed by atoms with E-state index in [0.717, 1.165) is 16.9 Å². The minimum atomic E-state index is -0.103. The van der Waals surface area contributed by atoms with Crippen LogP contribution in [0.25, 0.3) is 0 Å². The van der Waals surface area contributed by atoms with Gasteiger partial charge in [-0.25, -0.2) is 0 Å². The summed E-state index contributed by atoms with van der Waals surface area (Å²) in [7, 11) is 0. The third-order valence-corrected chi connectivity index (χ3v) is 4.04.